The fourth-order valence-electron chi connectivity index (χ4n) is 2.53. The van der Waals surface area contributed by atoms with Gasteiger partial charge in [0.2, 0.25) is 17.7 Å². The Morgan fingerprint density at radius 1 is 1.29 bits per heavy atom. The summed E-state index contributed by atoms with van der Waals surface area (Å²) in [7, 11) is 0. The van der Waals surface area contributed by atoms with Crippen LogP contribution in [0.3, 0.4) is 0 Å². The average molecular weight is 429 g/mol. The number of ether oxygens (including phenoxy) is 2. The first-order chi connectivity index (χ1) is 12.6. The molecular formula is C18H22Cl2N4O4. The van der Waals surface area contributed by atoms with Gasteiger partial charge in [-0.05, 0) is 24.3 Å². The third-order valence-corrected chi connectivity index (χ3v) is 3.79. The van der Waals surface area contributed by atoms with E-state index in [1.165, 1.54) is 6.20 Å². The summed E-state index contributed by atoms with van der Waals surface area (Å²) in [5, 5.41) is 6.02. The number of benzene rings is 1. The Hall–Kier alpha value is -2.39. The van der Waals surface area contributed by atoms with Crippen molar-refractivity contribution >= 4 is 42.3 Å². The van der Waals surface area contributed by atoms with Gasteiger partial charge in [0.25, 0.3) is 0 Å². The number of amides is 2. The molecule has 1 aliphatic rings. The molecule has 1 aliphatic heterocycles. The van der Waals surface area contributed by atoms with E-state index < -0.39 is 5.91 Å². The molecular weight excluding hydrogens is 407 g/mol. The smallest absolute Gasteiger partial charge is 0.248 e. The van der Waals surface area contributed by atoms with E-state index in [4.69, 9.17) is 15.2 Å². The van der Waals surface area contributed by atoms with Gasteiger partial charge in [0, 0.05) is 30.6 Å². The lowest BCUT2D eigenvalue weighted by atomic mass is 10.2. The maximum atomic E-state index is 12.0. The number of nitrogens with two attached hydrogens (primary N) is 1. The molecule has 3 rings (SSSR count). The summed E-state index contributed by atoms with van der Waals surface area (Å²) in [4.78, 5) is 27.4. The lowest BCUT2D eigenvalue weighted by molar-refractivity contribution is -0.117. The number of nitrogens with zero attached hydrogens (tertiary/aromatic N) is 1. The average Bonchev–Trinajstić information content (AvgIpc) is 2.64. The SMILES string of the molecule is Cl.Cl.NC(=O)c1cccc(Oc2ccc(NC(=O)CC3COCCN3)cn2)c1. The second-order valence-corrected chi connectivity index (χ2v) is 5.86. The topological polar surface area (TPSA) is 116 Å². The Kier molecular flexibility index (Phi) is 9.67. The fourth-order valence-corrected chi connectivity index (χ4v) is 2.53. The zero-order valence-corrected chi connectivity index (χ0v) is 16.6. The fraction of sp³-hybridized carbons (Fsp3) is 0.278. The molecule has 1 unspecified atom stereocenters. The number of hydrogen-bond donors (Lipinski definition) is 3. The Bertz CT molecular complexity index is 783. The van der Waals surface area contributed by atoms with E-state index in [0.717, 1.165) is 6.54 Å². The lowest BCUT2D eigenvalue weighted by Crippen LogP contribution is -2.43. The first-order valence-corrected chi connectivity index (χ1v) is 8.25. The molecule has 1 saturated heterocycles. The summed E-state index contributed by atoms with van der Waals surface area (Å²) in [6, 6.07) is 9.87. The van der Waals surface area contributed by atoms with Crippen molar-refractivity contribution in [1.82, 2.24) is 10.3 Å². The molecule has 2 aromatic rings. The first kappa shape index (κ1) is 23.6. The number of rotatable bonds is 6. The minimum absolute atomic E-state index is 0. The summed E-state index contributed by atoms with van der Waals surface area (Å²) in [6.45, 7) is 1.96. The number of pyridine rings is 1. The van der Waals surface area contributed by atoms with Crippen LogP contribution in [0.5, 0.6) is 11.6 Å². The normalized spacial score (nSPS) is 15.5. The number of primary amides is 1. The zero-order chi connectivity index (χ0) is 18.4. The van der Waals surface area contributed by atoms with Gasteiger partial charge in [-0.1, -0.05) is 6.07 Å². The standard InChI is InChI=1S/C18H20N4O4.2ClH/c19-18(24)12-2-1-3-15(8-12)26-17-5-4-13(10-21-17)22-16(23)9-14-11-25-7-6-20-14;;/h1-5,8,10,14,20H,6-7,9,11H2,(H2,19,24)(H,22,23);2*1H. The highest BCUT2D eigenvalue weighted by Gasteiger charge is 2.17. The number of morpholine rings is 1. The number of hydrogen-bond acceptors (Lipinski definition) is 6. The van der Waals surface area contributed by atoms with Gasteiger partial charge in [0.15, 0.2) is 0 Å². The van der Waals surface area contributed by atoms with Gasteiger partial charge in [-0.2, -0.15) is 0 Å². The lowest BCUT2D eigenvalue weighted by Gasteiger charge is -2.23. The van der Waals surface area contributed by atoms with Crippen molar-refractivity contribution in [2.45, 2.75) is 12.5 Å². The molecule has 1 fully saturated rings. The van der Waals surface area contributed by atoms with E-state index >= 15 is 0 Å². The van der Waals surface area contributed by atoms with Crippen LogP contribution in [0.1, 0.15) is 16.8 Å². The van der Waals surface area contributed by atoms with Gasteiger partial charge in [-0.25, -0.2) is 4.98 Å². The van der Waals surface area contributed by atoms with Gasteiger partial charge < -0.3 is 25.8 Å². The van der Waals surface area contributed by atoms with Crippen molar-refractivity contribution in [3.8, 4) is 11.6 Å². The van der Waals surface area contributed by atoms with Crippen LogP contribution in [-0.2, 0) is 9.53 Å². The van der Waals surface area contributed by atoms with Gasteiger partial charge in [0.1, 0.15) is 5.75 Å². The van der Waals surface area contributed by atoms with Gasteiger partial charge >= 0.3 is 0 Å². The highest BCUT2D eigenvalue weighted by atomic mass is 35.5. The van der Waals surface area contributed by atoms with Crippen molar-refractivity contribution in [2.75, 3.05) is 25.1 Å². The van der Waals surface area contributed by atoms with Crippen molar-refractivity contribution in [2.24, 2.45) is 5.73 Å². The number of carbonyl (C=O) groups excluding carboxylic acids is 2. The van der Waals surface area contributed by atoms with E-state index in [1.807, 2.05) is 0 Å². The first-order valence-electron chi connectivity index (χ1n) is 8.25. The van der Waals surface area contributed by atoms with Crippen LogP contribution in [-0.4, -0.2) is 42.6 Å². The van der Waals surface area contributed by atoms with Crippen LogP contribution < -0.4 is 21.1 Å². The zero-order valence-electron chi connectivity index (χ0n) is 14.9. The van der Waals surface area contributed by atoms with Crippen molar-refractivity contribution in [3.05, 3.63) is 48.2 Å². The van der Waals surface area contributed by atoms with Crippen LogP contribution in [0, 0.1) is 0 Å². The molecule has 4 N–H and O–H groups in total. The predicted molar refractivity (Wildman–Crippen MR) is 110 cm³/mol. The highest BCUT2D eigenvalue weighted by Crippen LogP contribution is 2.21. The Balaban J connectivity index is 0.00000196. The number of carbonyl (C=O) groups is 2. The number of aromatic nitrogens is 1. The van der Waals surface area contributed by atoms with Crippen molar-refractivity contribution in [1.29, 1.82) is 0 Å². The highest BCUT2D eigenvalue weighted by molar-refractivity contribution is 5.93. The maximum absolute atomic E-state index is 12.0. The van der Waals surface area contributed by atoms with Gasteiger partial charge in [-0.3, -0.25) is 9.59 Å². The molecule has 10 heteroatoms. The second-order valence-electron chi connectivity index (χ2n) is 5.86. The number of nitrogens with one attached hydrogen (secondary N) is 2. The minimum atomic E-state index is -0.528. The van der Waals surface area contributed by atoms with Crippen molar-refractivity contribution < 1.29 is 19.1 Å². The van der Waals surface area contributed by atoms with Crippen molar-refractivity contribution in [3.63, 3.8) is 0 Å². The van der Waals surface area contributed by atoms with E-state index in [9.17, 15) is 9.59 Å². The molecule has 2 amide bonds. The minimum Gasteiger partial charge on any atom is -0.439 e. The van der Waals surface area contributed by atoms with Crippen LogP contribution in [0.2, 0.25) is 0 Å². The molecule has 0 aliphatic carbocycles. The molecule has 152 valence electrons. The second kappa shape index (κ2) is 11.5. The number of halogens is 2. The van der Waals surface area contributed by atoms with Gasteiger partial charge in [-0.15, -0.1) is 24.8 Å². The molecule has 0 saturated carbocycles. The molecule has 28 heavy (non-hydrogen) atoms. The van der Waals surface area contributed by atoms with Crippen LogP contribution in [0.25, 0.3) is 0 Å². The summed E-state index contributed by atoms with van der Waals surface area (Å²) in [5.41, 5.74) is 6.17. The molecule has 1 aromatic carbocycles. The largest absolute Gasteiger partial charge is 0.439 e. The molecule has 0 radical (unpaired) electrons. The summed E-state index contributed by atoms with van der Waals surface area (Å²) >= 11 is 0. The van der Waals surface area contributed by atoms with E-state index in [2.05, 4.69) is 15.6 Å². The third kappa shape index (κ3) is 6.97. The molecule has 1 aromatic heterocycles. The molecule has 8 nitrogen and oxygen atoms in total. The molecule has 0 bridgehead atoms. The predicted octanol–water partition coefficient (Wildman–Crippen LogP) is 2.13. The Morgan fingerprint density at radius 3 is 2.75 bits per heavy atom. The van der Waals surface area contributed by atoms with Crippen LogP contribution >= 0.6 is 24.8 Å². The summed E-state index contributed by atoms with van der Waals surface area (Å²) in [6.07, 6.45) is 1.84. The van der Waals surface area contributed by atoms with E-state index in [-0.39, 0.29) is 36.8 Å². The molecule has 2 heterocycles. The summed E-state index contributed by atoms with van der Waals surface area (Å²) in [5.74, 6) is 0.151. The third-order valence-electron chi connectivity index (χ3n) is 3.79. The van der Waals surface area contributed by atoms with Gasteiger partial charge in [0.05, 0.1) is 25.1 Å². The number of anilines is 1. The Morgan fingerprint density at radius 2 is 2.11 bits per heavy atom. The van der Waals surface area contributed by atoms with E-state index in [1.54, 1.807) is 36.4 Å². The monoisotopic (exact) mass is 428 g/mol. The quantitative estimate of drug-likeness (QED) is 0.648. The molecule has 0 spiro atoms. The van der Waals surface area contributed by atoms with Crippen LogP contribution in [0.4, 0.5) is 5.69 Å². The Labute approximate surface area is 175 Å². The maximum Gasteiger partial charge on any atom is 0.248 e. The van der Waals surface area contributed by atoms with E-state index in [0.29, 0.717) is 42.5 Å². The summed E-state index contributed by atoms with van der Waals surface area (Å²) < 4.78 is 10.9. The molecule has 1 atom stereocenters. The van der Waals surface area contributed by atoms with Crippen LogP contribution in [0.15, 0.2) is 42.6 Å².